The molecule has 0 aliphatic carbocycles. The number of hydrogen-bond acceptors (Lipinski definition) is 3. The van der Waals surface area contributed by atoms with Crippen LogP contribution >= 0.6 is 0 Å². The largest absolute Gasteiger partial charge is 0.462 e. The minimum Gasteiger partial charge on any atom is -0.462 e. The summed E-state index contributed by atoms with van der Waals surface area (Å²) in [7, 11) is 0. The third-order valence-corrected chi connectivity index (χ3v) is 0.962. The number of esters is 1. The highest BCUT2D eigenvalue weighted by atomic mass is 19.4. The van der Waals surface area contributed by atoms with Gasteiger partial charge in [-0.05, 0) is 13.8 Å². The lowest BCUT2D eigenvalue weighted by molar-refractivity contribution is -0.148. The predicted molar refractivity (Wildman–Crippen MR) is 40.2 cm³/mol. The van der Waals surface area contributed by atoms with Crippen LogP contribution in [0.3, 0.4) is 0 Å². The van der Waals surface area contributed by atoms with E-state index in [2.05, 4.69) is 4.74 Å². The molecule has 0 bridgehead atoms. The monoisotopic (exact) mass is 199 g/mol. The lowest BCUT2D eigenvalue weighted by atomic mass is 10.5. The van der Waals surface area contributed by atoms with E-state index in [4.69, 9.17) is 0 Å². The summed E-state index contributed by atoms with van der Waals surface area (Å²) in [5.41, 5.74) is 0. The molecule has 0 unspecified atom stereocenters. The fourth-order valence-corrected chi connectivity index (χ4v) is 0.611. The topological polar surface area (TPSA) is 38.3 Å². The standard InChI is InChI=1S/C7H12F3NO2/c1-5(2)13-6(12)3-11-4-7(8,9)10/h5,11H,3-4H2,1-2H3. The van der Waals surface area contributed by atoms with Crippen molar-refractivity contribution in [2.75, 3.05) is 13.1 Å². The number of ether oxygens (including phenoxy) is 1. The molecule has 0 aromatic heterocycles. The van der Waals surface area contributed by atoms with Gasteiger partial charge >= 0.3 is 12.1 Å². The average Bonchev–Trinajstić information content (AvgIpc) is 1.81. The van der Waals surface area contributed by atoms with E-state index in [1.807, 2.05) is 5.32 Å². The maximum atomic E-state index is 11.6. The number of rotatable bonds is 4. The SMILES string of the molecule is CC(C)OC(=O)CNCC(F)(F)F. The van der Waals surface area contributed by atoms with Gasteiger partial charge in [-0.15, -0.1) is 0 Å². The van der Waals surface area contributed by atoms with Gasteiger partial charge in [0.2, 0.25) is 0 Å². The van der Waals surface area contributed by atoms with E-state index < -0.39 is 25.2 Å². The summed E-state index contributed by atoms with van der Waals surface area (Å²) >= 11 is 0. The first-order valence-corrected chi connectivity index (χ1v) is 3.78. The van der Waals surface area contributed by atoms with Gasteiger partial charge in [0, 0.05) is 0 Å². The Morgan fingerprint density at radius 1 is 1.46 bits per heavy atom. The Balaban J connectivity index is 3.49. The molecule has 13 heavy (non-hydrogen) atoms. The second kappa shape index (κ2) is 5.06. The van der Waals surface area contributed by atoms with E-state index in [9.17, 15) is 18.0 Å². The maximum absolute atomic E-state index is 11.6. The zero-order valence-electron chi connectivity index (χ0n) is 7.44. The summed E-state index contributed by atoms with van der Waals surface area (Å²) in [6.07, 6.45) is -4.60. The zero-order chi connectivity index (χ0) is 10.5. The Bertz CT molecular complexity index is 168. The molecule has 0 aliphatic heterocycles. The molecule has 0 fully saturated rings. The van der Waals surface area contributed by atoms with E-state index in [1.54, 1.807) is 13.8 Å². The molecule has 0 aliphatic rings. The van der Waals surface area contributed by atoms with Crippen molar-refractivity contribution in [1.29, 1.82) is 0 Å². The molecule has 0 spiro atoms. The van der Waals surface area contributed by atoms with Gasteiger partial charge in [0.15, 0.2) is 0 Å². The third-order valence-electron chi connectivity index (χ3n) is 0.962. The summed E-state index contributed by atoms with van der Waals surface area (Å²) < 4.78 is 39.3. The highest BCUT2D eigenvalue weighted by Gasteiger charge is 2.26. The number of alkyl halides is 3. The van der Waals surface area contributed by atoms with E-state index in [1.165, 1.54) is 0 Å². The molecular formula is C7H12F3NO2. The minimum absolute atomic E-state index is 0.305. The van der Waals surface area contributed by atoms with E-state index >= 15 is 0 Å². The molecular weight excluding hydrogens is 187 g/mol. The van der Waals surface area contributed by atoms with Crippen LogP contribution in [0, 0.1) is 0 Å². The van der Waals surface area contributed by atoms with Gasteiger partial charge < -0.3 is 4.74 Å². The average molecular weight is 199 g/mol. The lowest BCUT2D eigenvalue weighted by Crippen LogP contribution is -2.34. The fourth-order valence-electron chi connectivity index (χ4n) is 0.611. The second-order valence-corrected chi connectivity index (χ2v) is 2.76. The minimum atomic E-state index is -4.29. The second-order valence-electron chi connectivity index (χ2n) is 2.76. The van der Waals surface area contributed by atoms with Gasteiger partial charge in [0.1, 0.15) is 0 Å². The maximum Gasteiger partial charge on any atom is 0.401 e. The van der Waals surface area contributed by atoms with Crippen LogP contribution in [-0.2, 0) is 9.53 Å². The van der Waals surface area contributed by atoms with Gasteiger partial charge in [-0.1, -0.05) is 0 Å². The van der Waals surface area contributed by atoms with Gasteiger partial charge in [-0.3, -0.25) is 10.1 Å². The van der Waals surface area contributed by atoms with Crippen molar-refractivity contribution in [1.82, 2.24) is 5.32 Å². The van der Waals surface area contributed by atoms with Crippen LogP contribution in [0.4, 0.5) is 13.2 Å². The molecule has 0 saturated carbocycles. The molecule has 78 valence electrons. The van der Waals surface area contributed by atoms with Gasteiger partial charge in [-0.25, -0.2) is 0 Å². The number of carbonyl (C=O) groups is 1. The quantitative estimate of drug-likeness (QED) is 0.689. The Morgan fingerprint density at radius 3 is 2.38 bits per heavy atom. The number of halogens is 3. The Morgan fingerprint density at radius 2 is 2.00 bits per heavy atom. The highest BCUT2D eigenvalue weighted by Crippen LogP contribution is 2.11. The molecule has 1 N–H and O–H groups in total. The van der Waals surface area contributed by atoms with Crippen LogP contribution in [0.15, 0.2) is 0 Å². The van der Waals surface area contributed by atoms with Crippen molar-refractivity contribution in [2.45, 2.75) is 26.1 Å². The molecule has 0 amide bonds. The number of nitrogens with one attached hydrogen (secondary N) is 1. The predicted octanol–water partition coefficient (Wildman–Crippen LogP) is 1.09. The Kier molecular flexibility index (Phi) is 4.76. The van der Waals surface area contributed by atoms with E-state index in [0.717, 1.165) is 0 Å². The van der Waals surface area contributed by atoms with Crippen LogP contribution < -0.4 is 5.32 Å². The molecule has 0 aromatic rings. The van der Waals surface area contributed by atoms with E-state index in [0.29, 0.717) is 0 Å². The Hall–Kier alpha value is -0.780. The molecule has 0 saturated heterocycles. The van der Waals surface area contributed by atoms with Gasteiger partial charge in [0.05, 0.1) is 19.2 Å². The third kappa shape index (κ3) is 9.13. The van der Waals surface area contributed by atoms with Crippen LogP contribution in [-0.4, -0.2) is 31.3 Å². The van der Waals surface area contributed by atoms with Crippen molar-refractivity contribution in [3.05, 3.63) is 0 Å². The molecule has 6 heteroatoms. The molecule has 3 nitrogen and oxygen atoms in total. The smallest absolute Gasteiger partial charge is 0.401 e. The van der Waals surface area contributed by atoms with Crippen molar-refractivity contribution >= 4 is 5.97 Å². The van der Waals surface area contributed by atoms with E-state index in [-0.39, 0.29) is 6.10 Å². The van der Waals surface area contributed by atoms with Crippen molar-refractivity contribution in [3.63, 3.8) is 0 Å². The van der Waals surface area contributed by atoms with Crippen LogP contribution in [0.1, 0.15) is 13.8 Å². The van der Waals surface area contributed by atoms with Crippen LogP contribution in [0.2, 0.25) is 0 Å². The summed E-state index contributed by atoms with van der Waals surface area (Å²) in [6, 6.07) is 0. The number of hydrogen-bond donors (Lipinski definition) is 1. The summed E-state index contributed by atoms with van der Waals surface area (Å²) in [4.78, 5) is 10.7. The lowest BCUT2D eigenvalue weighted by Gasteiger charge is -2.09. The van der Waals surface area contributed by atoms with Crippen LogP contribution in [0.5, 0.6) is 0 Å². The first kappa shape index (κ1) is 12.2. The fraction of sp³-hybridized carbons (Fsp3) is 0.857. The molecule has 0 aromatic carbocycles. The zero-order valence-corrected chi connectivity index (χ0v) is 7.44. The van der Waals surface area contributed by atoms with Gasteiger partial charge in [0.25, 0.3) is 0 Å². The van der Waals surface area contributed by atoms with Crippen molar-refractivity contribution in [2.24, 2.45) is 0 Å². The number of carbonyl (C=O) groups excluding carboxylic acids is 1. The first-order chi connectivity index (χ1) is 5.81. The summed E-state index contributed by atoms with van der Waals surface area (Å²) in [5, 5.41) is 1.93. The molecule has 0 heterocycles. The molecule has 0 rings (SSSR count). The first-order valence-electron chi connectivity index (χ1n) is 3.78. The molecule has 0 radical (unpaired) electrons. The Labute approximate surface area is 74.3 Å². The van der Waals surface area contributed by atoms with Gasteiger partial charge in [-0.2, -0.15) is 13.2 Å². The van der Waals surface area contributed by atoms with Crippen LogP contribution in [0.25, 0.3) is 0 Å². The normalized spacial score (nSPS) is 11.8. The summed E-state index contributed by atoms with van der Waals surface area (Å²) in [6.45, 7) is 1.65. The highest BCUT2D eigenvalue weighted by molar-refractivity contribution is 5.71. The van der Waals surface area contributed by atoms with Crippen molar-refractivity contribution in [3.8, 4) is 0 Å². The molecule has 0 atom stereocenters. The summed E-state index contributed by atoms with van der Waals surface area (Å²) in [5.74, 6) is -0.681. The van der Waals surface area contributed by atoms with Crippen molar-refractivity contribution < 1.29 is 22.7 Å².